The lowest BCUT2D eigenvalue weighted by molar-refractivity contribution is -0.320. The fraction of sp³-hybridized carbons (Fsp3) is 0.545. The van der Waals surface area contributed by atoms with E-state index in [4.69, 9.17) is 5.73 Å². The number of carbonyl (C=O) groups excluding carboxylic acids is 3. The Bertz CT molecular complexity index is 560. The number of aliphatic hydroxyl groups is 1. The summed E-state index contributed by atoms with van der Waals surface area (Å²) < 4.78 is 44.4. The van der Waals surface area contributed by atoms with Crippen LogP contribution >= 0.6 is 0 Å². The van der Waals surface area contributed by atoms with Crippen LogP contribution in [0.25, 0.3) is 0 Å². The minimum atomic E-state index is -5.39. The number of hydrogen-bond acceptors (Lipinski definition) is 6. The van der Waals surface area contributed by atoms with Gasteiger partial charge in [-0.1, -0.05) is 0 Å². The zero-order chi connectivity index (χ0) is 17.5. The topological polar surface area (TPSA) is 122 Å². The predicted molar refractivity (Wildman–Crippen MR) is 64.4 cm³/mol. The van der Waals surface area contributed by atoms with Crippen molar-refractivity contribution < 1.29 is 37.4 Å². The van der Waals surface area contributed by atoms with Crippen LogP contribution in [0.4, 0.5) is 18.0 Å². The molecule has 2 unspecified atom stereocenters. The maximum Gasteiger partial charge on any atom is 0.439 e. The molecule has 0 radical (unpaired) electrons. The minimum Gasteiger partial charge on any atom is -0.466 e. The molecule has 2 amide bonds. The van der Waals surface area contributed by atoms with Gasteiger partial charge in [0.05, 0.1) is 12.7 Å². The number of carbonyl (C=O) groups is 3. The van der Waals surface area contributed by atoms with Gasteiger partial charge in [-0.15, -0.1) is 0 Å². The van der Waals surface area contributed by atoms with Gasteiger partial charge in [-0.05, 0) is 13.8 Å². The largest absolute Gasteiger partial charge is 0.466 e. The van der Waals surface area contributed by atoms with Crippen molar-refractivity contribution in [2.75, 3.05) is 7.11 Å². The highest BCUT2D eigenvalue weighted by Gasteiger charge is 2.70. The van der Waals surface area contributed by atoms with Gasteiger partial charge < -0.3 is 15.6 Å². The number of Topliss-reactive ketones (excluding diaryl/α,β-unsaturated/α-hetero) is 1. The van der Waals surface area contributed by atoms with E-state index in [0.29, 0.717) is 0 Å². The molecule has 0 aromatic rings. The first-order valence-corrected chi connectivity index (χ1v) is 5.84. The summed E-state index contributed by atoms with van der Waals surface area (Å²) in [6, 6.07) is -1.42. The first-order chi connectivity index (χ1) is 9.89. The number of methoxy groups -OCH3 is 1. The highest BCUT2D eigenvalue weighted by molar-refractivity contribution is 5.99. The number of nitrogens with one attached hydrogen (secondary N) is 1. The van der Waals surface area contributed by atoms with Gasteiger partial charge in [0.25, 0.3) is 5.72 Å². The number of esters is 1. The third kappa shape index (κ3) is 2.47. The van der Waals surface area contributed by atoms with Crippen molar-refractivity contribution >= 4 is 17.8 Å². The van der Waals surface area contributed by atoms with E-state index in [-0.39, 0.29) is 5.01 Å². The van der Waals surface area contributed by atoms with Crippen LogP contribution in [-0.2, 0) is 14.3 Å². The van der Waals surface area contributed by atoms with Crippen molar-refractivity contribution in [1.82, 2.24) is 10.4 Å². The monoisotopic (exact) mass is 325 g/mol. The van der Waals surface area contributed by atoms with Crippen molar-refractivity contribution in [2.45, 2.75) is 25.7 Å². The Morgan fingerprint density at radius 1 is 1.41 bits per heavy atom. The van der Waals surface area contributed by atoms with Crippen molar-refractivity contribution in [3.63, 3.8) is 0 Å². The fourth-order valence-corrected chi connectivity index (χ4v) is 2.35. The van der Waals surface area contributed by atoms with Crippen LogP contribution < -0.4 is 11.2 Å². The molecule has 11 heteroatoms. The number of hydrazine groups is 1. The predicted octanol–water partition coefficient (Wildman–Crippen LogP) is -0.212. The third-order valence-electron chi connectivity index (χ3n) is 3.21. The lowest BCUT2D eigenvalue weighted by Gasteiger charge is -2.39. The van der Waals surface area contributed by atoms with Crippen LogP contribution in [0.2, 0.25) is 0 Å². The SMILES string of the molecule is COC(=O)C1=C(C)N(NC(N)=O)C(O)(C(F)(F)F)C1C(C)=O. The summed E-state index contributed by atoms with van der Waals surface area (Å²) in [6.07, 6.45) is -5.39. The molecule has 2 atom stereocenters. The molecule has 22 heavy (non-hydrogen) atoms. The number of halogens is 3. The van der Waals surface area contributed by atoms with Gasteiger partial charge in [0.15, 0.2) is 0 Å². The molecule has 1 aliphatic rings. The Balaban J connectivity index is 3.63. The van der Waals surface area contributed by atoms with Gasteiger partial charge in [-0.25, -0.2) is 20.0 Å². The van der Waals surface area contributed by atoms with Gasteiger partial charge in [0, 0.05) is 5.70 Å². The summed E-state index contributed by atoms with van der Waals surface area (Å²) in [5, 5.41) is 10.1. The Hall–Kier alpha value is -2.30. The third-order valence-corrected chi connectivity index (χ3v) is 3.21. The molecule has 0 aromatic carbocycles. The number of nitrogens with two attached hydrogens (primary N) is 1. The van der Waals surface area contributed by atoms with Crippen LogP contribution in [0.3, 0.4) is 0 Å². The van der Waals surface area contributed by atoms with Gasteiger partial charge in [-0.2, -0.15) is 13.2 Å². The first-order valence-electron chi connectivity index (χ1n) is 5.84. The minimum absolute atomic E-state index is 0.0480. The second-order valence-electron chi connectivity index (χ2n) is 4.57. The number of hydrogen-bond donors (Lipinski definition) is 3. The summed E-state index contributed by atoms with van der Waals surface area (Å²) in [7, 11) is 0.899. The fourth-order valence-electron chi connectivity index (χ4n) is 2.35. The molecule has 124 valence electrons. The smallest absolute Gasteiger partial charge is 0.439 e. The molecule has 0 aliphatic carbocycles. The average Bonchev–Trinajstić information content (AvgIpc) is 2.59. The molecule has 0 aromatic heterocycles. The number of allylic oxidation sites excluding steroid dienone is 1. The van der Waals surface area contributed by atoms with Gasteiger partial charge in [0.2, 0.25) is 0 Å². The molecular formula is C11H14F3N3O5. The number of ketones is 1. The number of urea groups is 1. The van der Waals surface area contributed by atoms with Crippen LogP contribution in [0.15, 0.2) is 11.3 Å². The highest BCUT2D eigenvalue weighted by Crippen LogP contribution is 2.49. The second-order valence-corrected chi connectivity index (χ2v) is 4.57. The molecule has 0 saturated carbocycles. The Morgan fingerprint density at radius 2 is 1.91 bits per heavy atom. The van der Waals surface area contributed by atoms with E-state index < -0.39 is 46.9 Å². The first kappa shape index (κ1) is 17.8. The van der Waals surface area contributed by atoms with Gasteiger partial charge in [-0.3, -0.25) is 4.79 Å². The molecule has 8 nitrogen and oxygen atoms in total. The molecule has 0 spiro atoms. The van der Waals surface area contributed by atoms with Crippen LogP contribution in [0.5, 0.6) is 0 Å². The summed E-state index contributed by atoms with van der Waals surface area (Å²) >= 11 is 0. The Kier molecular flexibility index (Phi) is 4.42. The molecule has 0 saturated heterocycles. The highest BCUT2D eigenvalue weighted by atomic mass is 19.4. The van der Waals surface area contributed by atoms with Crippen LogP contribution in [0.1, 0.15) is 13.8 Å². The Labute approximate surface area is 122 Å². The zero-order valence-corrected chi connectivity index (χ0v) is 11.8. The van der Waals surface area contributed by atoms with Gasteiger partial charge in [0.1, 0.15) is 11.7 Å². The molecular weight excluding hydrogens is 311 g/mol. The summed E-state index contributed by atoms with van der Waals surface area (Å²) in [6.45, 7) is 1.77. The van der Waals surface area contributed by atoms with Crippen molar-refractivity contribution in [3.8, 4) is 0 Å². The van der Waals surface area contributed by atoms with E-state index in [9.17, 15) is 32.7 Å². The van der Waals surface area contributed by atoms with E-state index in [1.807, 2.05) is 0 Å². The van der Waals surface area contributed by atoms with Crippen molar-refractivity contribution in [3.05, 3.63) is 11.3 Å². The van der Waals surface area contributed by atoms with Crippen LogP contribution in [0, 0.1) is 5.92 Å². The molecule has 0 bridgehead atoms. The molecule has 4 N–H and O–H groups in total. The van der Waals surface area contributed by atoms with E-state index >= 15 is 0 Å². The maximum atomic E-state index is 13.4. The summed E-state index contributed by atoms with van der Waals surface area (Å²) in [5.74, 6) is -4.69. The molecule has 1 rings (SSSR count). The number of primary amides is 1. The number of ether oxygens (including phenoxy) is 1. The molecule has 1 aliphatic heterocycles. The second kappa shape index (κ2) is 5.48. The lowest BCUT2D eigenvalue weighted by Crippen LogP contribution is -2.66. The van der Waals surface area contributed by atoms with Gasteiger partial charge >= 0.3 is 18.2 Å². The van der Waals surface area contributed by atoms with E-state index in [0.717, 1.165) is 21.0 Å². The number of nitrogens with zero attached hydrogens (tertiary/aromatic N) is 1. The normalized spacial score (nSPS) is 25.2. The van der Waals surface area contributed by atoms with Crippen molar-refractivity contribution in [2.24, 2.45) is 11.7 Å². The number of alkyl halides is 3. The number of rotatable bonds is 3. The Morgan fingerprint density at radius 3 is 2.23 bits per heavy atom. The van der Waals surface area contributed by atoms with Crippen molar-refractivity contribution in [1.29, 1.82) is 0 Å². The number of amides is 2. The quantitative estimate of drug-likeness (QED) is 0.617. The van der Waals surface area contributed by atoms with E-state index in [1.54, 1.807) is 5.43 Å². The van der Waals surface area contributed by atoms with E-state index in [1.165, 1.54) is 0 Å². The standard InChI is InChI=1S/C11H14F3N3O5/c1-4-6(8(19)22-3)7(5(2)18)10(21,11(12,13)14)17(4)16-9(15)20/h7,21H,1-3H3,(H3,15,16,20). The summed E-state index contributed by atoms with van der Waals surface area (Å²) in [5.41, 5.74) is 1.26. The summed E-state index contributed by atoms with van der Waals surface area (Å²) in [4.78, 5) is 34.3. The van der Waals surface area contributed by atoms with E-state index in [2.05, 4.69) is 4.74 Å². The molecule has 0 fully saturated rings. The average molecular weight is 325 g/mol. The lowest BCUT2D eigenvalue weighted by atomic mass is 9.87. The maximum absolute atomic E-state index is 13.4. The molecule has 1 heterocycles. The zero-order valence-electron chi connectivity index (χ0n) is 11.8. The van der Waals surface area contributed by atoms with Crippen LogP contribution in [-0.4, -0.2) is 46.9 Å².